The van der Waals surface area contributed by atoms with Gasteiger partial charge in [0, 0.05) is 49.9 Å². The zero-order chi connectivity index (χ0) is 14.4. The molecule has 20 heavy (non-hydrogen) atoms. The van der Waals surface area contributed by atoms with Crippen LogP contribution >= 0.6 is 11.8 Å². The number of β-amino-alcohol motifs (C(OH)–C–C–N with tert-alkyl or cyclic N) is 1. The van der Waals surface area contributed by atoms with E-state index in [0.717, 1.165) is 45.0 Å². The van der Waals surface area contributed by atoms with Gasteiger partial charge in [-0.15, -0.1) is 11.8 Å². The van der Waals surface area contributed by atoms with E-state index in [1.54, 1.807) is 0 Å². The maximum Gasteiger partial charge on any atom is 0.0558 e. The van der Waals surface area contributed by atoms with Gasteiger partial charge in [0.1, 0.15) is 0 Å². The summed E-state index contributed by atoms with van der Waals surface area (Å²) in [6.45, 7) is 11.1. The van der Waals surface area contributed by atoms with Gasteiger partial charge in [-0.05, 0) is 37.1 Å². The lowest BCUT2D eigenvalue weighted by molar-refractivity contribution is 0.117. The summed E-state index contributed by atoms with van der Waals surface area (Å²) in [6.07, 6.45) is 0. The van der Waals surface area contributed by atoms with Crippen LogP contribution in [0.5, 0.6) is 0 Å². The van der Waals surface area contributed by atoms with Crippen molar-refractivity contribution in [3.63, 3.8) is 0 Å². The molecule has 0 bridgehead atoms. The van der Waals surface area contributed by atoms with Gasteiger partial charge in [-0.25, -0.2) is 0 Å². The first kappa shape index (κ1) is 15.8. The highest BCUT2D eigenvalue weighted by Crippen LogP contribution is 2.21. The molecule has 3 nitrogen and oxygen atoms in total. The second-order valence-corrected chi connectivity index (χ2v) is 6.67. The van der Waals surface area contributed by atoms with Crippen LogP contribution in [0.25, 0.3) is 0 Å². The number of nitrogens with zero attached hydrogens (tertiary/aromatic N) is 2. The smallest absolute Gasteiger partial charge is 0.0558 e. The van der Waals surface area contributed by atoms with Gasteiger partial charge < -0.3 is 5.11 Å². The Balaban J connectivity index is 1.67. The lowest BCUT2D eigenvalue weighted by Crippen LogP contribution is -2.47. The summed E-state index contributed by atoms with van der Waals surface area (Å²) in [5, 5.41) is 8.94. The topological polar surface area (TPSA) is 26.7 Å². The maximum absolute atomic E-state index is 8.94. The SMILES string of the molecule is Cc1ccc(SCCN2CCN(CCO)CC2)cc1C. The maximum atomic E-state index is 8.94. The van der Waals surface area contributed by atoms with Crippen molar-refractivity contribution in [3.8, 4) is 0 Å². The average Bonchev–Trinajstić information content (AvgIpc) is 2.45. The van der Waals surface area contributed by atoms with Gasteiger partial charge in [-0.1, -0.05) is 6.07 Å². The molecule has 4 heteroatoms. The third-order valence-corrected chi connectivity index (χ3v) is 5.01. The molecule has 0 aromatic heterocycles. The van der Waals surface area contributed by atoms with Crippen LogP contribution in [0.4, 0.5) is 0 Å². The van der Waals surface area contributed by atoms with Crippen LogP contribution in [0, 0.1) is 13.8 Å². The number of hydrogen-bond acceptors (Lipinski definition) is 4. The molecule has 1 saturated heterocycles. The van der Waals surface area contributed by atoms with Crippen molar-refractivity contribution in [1.29, 1.82) is 0 Å². The van der Waals surface area contributed by atoms with Crippen molar-refractivity contribution in [2.75, 3.05) is 51.6 Å². The van der Waals surface area contributed by atoms with Crippen molar-refractivity contribution >= 4 is 11.8 Å². The minimum atomic E-state index is 0.280. The highest BCUT2D eigenvalue weighted by atomic mass is 32.2. The molecule has 0 unspecified atom stereocenters. The standard InChI is InChI=1S/C16H26N2OS/c1-14-3-4-16(13-15(14)2)20-12-10-18-7-5-17(6-8-18)9-11-19/h3-4,13,19H,5-12H2,1-2H3. The van der Waals surface area contributed by atoms with Crippen LogP contribution in [0.1, 0.15) is 11.1 Å². The summed E-state index contributed by atoms with van der Waals surface area (Å²) in [6, 6.07) is 6.73. The first-order chi connectivity index (χ1) is 9.69. The number of rotatable bonds is 6. The highest BCUT2D eigenvalue weighted by Gasteiger charge is 2.15. The molecule has 1 aromatic rings. The molecule has 1 N–H and O–H groups in total. The largest absolute Gasteiger partial charge is 0.395 e. The number of aliphatic hydroxyl groups excluding tert-OH is 1. The summed E-state index contributed by atoms with van der Waals surface area (Å²) in [5.41, 5.74) is 2.75. The fraction of sp³-hybridized carbons (Fsp3) is 0.625. The quantitative estimate of drug-likeness (QED) is 0.812. The Kier molecular flexibility index (Phi) is 6.36. The second kappa shape index (κ2) is 8.03. The minimum Gasteiger partial charge on any atom is -0.395 e. The van der Waals surface area contributed by atoms with Gasteiger partial charge in [0.05, 0.1) is 6.61 Å². The molecule has 1 aliphatic heterocycles. The lowest BCUT2D eigenvalue weighted by Gasteiger charge is -2.34. The van der Waals surface area contributed by atoms with Gasteiger partial charge in [-0.2, -0.15) is 0 Å². The molecule has 1 aromatic carbocycles. The normalized spacial score (nSPS) is 17.6. The van der Waals surface area contributed by atoms with Crippen LogP contribution in [-0.4, -0.2) is 66.5 Å². The second-order valence-electron chi connectivity index (χ2n) is 5.50. The number of thioether (sulfide) groups is 1. The number of hydrogen-bond donors (Lipinski definition) is 1. The van der Waals surface area contributed by atoms with Crippen molar-refractivity contribution < 1.29 is 5.11 Å². The minimum absolute atomic E-state index is 0.280. The number of aryl methyl sites for hydroxylation is 2. The first-order valence-electron chi connectivity index (χ1n) is 7.44. The van der Waals surface area contributed by atoms with Crippen molar-refractivity contribution in [1.82, 2.24) is 9.80 Å². The molecular formula is C16H26N2OS. The Morgan fingerprint density at radius 3 is 2.25 bits per heavy atom. The monoisotopic (exact) mass is 294 g/mol. The Morgan fingerprint density at radius 2 is 1.65 bits per heavy atom. The fourth-order valence-corrected chi connectivity index (χ4v) is 3.48. The predicted molar refractivity (Wildman–Crippen MR) is 86.6 cm³/mol. The predicted octanol–water partition coefficient (Wildman–Crippen LogP) is 2.01. The summed E-state index contributed by atoms with van der Waals surface area (Å²) in [4.78, 5) is 6.25. The fourth-order valence-electron chi connectivity index (χ4n) is 2.47. The molecule has 112 valence electrons. The number of piperazine rings is 1. The number of aliphatic hydroxyl groups is 1. The van der Waals surface area contributed by atoms with Gasteiger partial charge in [0.25, 0.3) is 0 Å². The Bertz CT molecular complexity index is 417. The molecule has 0 spiro atoms. The summed E-state index contributed by atoms with van der Waals surface area (Å²) >= 11 is 1.95. The molecule has 0 amide bonds. The van der Waals surface area contributed by atoms with Crippen molar-refractivity contribution in [2.45, 2.75) is 18.7 Å². The third kappa shape index (κ3) is 4.77. The van der Waals surface area contributed by atoms with E-state index in [1.165, 1.54) is 16.0 Å². The van der Waals surface area contributed by atoms with Crippen LogP contribution in [-0.2, 0) is 0 Å². The zero-order valence-electron chi connectivity index (χ0n) is 12.6. The third-order valence-electron chi connectivity index (χ3n) is 4.04. The first-order valence-corrected chi connectivity index (χ1v) is 8.43. The van der Waals surface area contributed by atoms with E-state index >= 15 is 0 Å². The summed E-state index contributed by atoms with van der Waals surface area (Å²) in [5.74, 6) is 1.16. The van der Waals surface area contributed by atoms with E-state index in [2.05, 4.69) is 41.8 Å². The zero-order valence-corrected chi connectivity index (χ0v) is 13.5. The number of benzene rings is 1. The van der Waals surface area contributed by atoms with Crippen molar-refractivity contribution in [3.05, 3.63) is 29.3 Å². The van der Waals surface area contributed by atoms with Crippen LogP contribution in [0.3, 0.4) is 0 Å². The van der Waals surface area contributed by atoms with Gasteiger partial charge in [0.15, 0.2) is 0 Å². The van der Waals surface area contributed by atoms with E-state index in [1.807, 2.05) is 11.8 Å². The molecule has 0 aliphatic carbocycles. The van der Waals surface area contributed by atoms with E-state index in [0.29, 0.717) is 0 Å². The van der Waals surface area contributed by atoms with Crippen LogP contribution in [0.2, 0.25) is 0 Å². The van der Waals surface area contributed by atoms with Gasteiger partial charge in [0.2, 0.25) is 0 Å². The summed E-state index contributed by atoms with van der Waals surface area (Å²) in [7, 11) is 0. The van der Waals surface area contributed by atoms with E-state index in [4.69, 9.17) is 5.11 Å². The molecule has 0 saturated carbocycles. The average molecular weight is 294 g/mol. The molecule has 1 heterocycles. The lowest BCUT2D eigenvalue weighted by atomic mass is 10.1. The van der Waals surface area contributed by atoms with E-state index < -0.39 is 0 Å². The molecule has 2 rings (SSSR count). The Morgan fingerprint density at radius 1 is 1.00 bits per heavy atom. The highest BCUT2D eigenvalue weighted by molar-refractivity contribution is 7.99. The molecule has 0 radical (unpaired) electrons. The van der Waals surface area contributed by atoms with Crippen LogP contribution < -0.4 is 0 Å². The van der Waals surface area contributed by atoms with E-state index in [9.17, 15) is 0 Å². The van der Waals surface area contributed by atoms with Gasteiger partial charge in [-0.3, -0.25) is 9.80 Å². The Labute approximate surface area is 127 Å². The molecule has 1 fully saturated rings. The summed E-state index contributed by atoms with van der Waals surface area (Å²) < 4.78 is 0. The van der Waals surface area contributed by atoms with E-state index in [-0.39, 0.29) is 6.61 Å². The molecular weight excluding hydrogens is 268 g/mol. The Hall–Kier alpha value is -0.550. The van der Waals surface area contributed by atoms with Crippen molar-refractivity contribution in [2.24, 2.45) is 0 Å². The molecule has 0 atom stereocenters. The molecule has 1 aliphatic rings. The van der Waals surface area contributed by atoms with Crippen LogP contribution in [0.15, 0.2) is 23.1 Å². The van der Waals surface area contributed by atoms with Gasteiger partial charge >= 0.3 is 0 Å².